The minimum atomic E-state index is 1.09. The van der Waals surface area contributed by atoms with E-state index in [2.05, 4.69) is 304 Å². The van der Waals surface area contributed by atoms with Gasteiger partial charge < -0.3 is 9.13 Å². The van der Waals surface area contributed by atoms with Crippen molar-refractivity contribution in [1.82, 2.24) is 9.13 Å². The van der Waals surface area contributed by atoms with E-state index in [1.54, 1.807) is 0 Å². The number of rotatable bonds is 11. The maximum Gasteiger partial charge on any atom is 0.0535 e. The van der Waals surface area contributed by atoms with E-state index in [0.29, 0.717) is 0 Å². The average molecular weight is 1090 g/mol. The molecule has 0 aliphatic rings. The summed E-state index contributed by atoms with van der Waals surface area (Å²) in [6.45, 7) is 7.88. The lowest BCUT2D eigenvalue weighted by Crippen LogP contribution is -1.99. The molecule has 74 heavy (non-hydrogen) atoms. The molecule has 2 nitrogen and oxygen atoms in total. The van der Waals surface area contributed by atoms with Gasteiger partial charge in [0.15, 0.2) is 0 Å². The number of aromatic nitrogens is 2. The molecule has 0 saturated carbocycles. The zero-order valence-electron chi connectivity index (χ0n) is 41.6. The largest absolute Gasteiger partial charge is 0.309 e. The fourth-order valence-electron chi connectivity index (χ4n) is 8.59. The van der Waals surface area contributed by atoms with Crippen molar-refractivity contribution < 1.29 is 0 Å². The Morgan fingerprint density at radius 3 is 0.811 bits per heavy atom. The number of hydrogen-bond donors (Lipinski definition) is 0. The lowest BCUT2D eigenvalue weighted by atomic mass is 10.1. The Kier molecular flexibility index (Phi) is 17.0. The summed E-state index contributed by atoms with van der Waals surface area (Å²) in [5.41, 5.74) is 20.2. The zero-order chi connectivity index (χ0) is 51.1. The molecule has 360 valence electrons. The Morgan fingerprint density at radius 2 is 0.541 bits per heavy atom. The van der Waals surface area contributed by atoms with Gasteiger partial charge in [0.1, 0.15) is 0 Å². The van der Waals surface area contributed by atoms with E-state index < -0.39 is 0 Å². The van der Waals surface area contributed by atoms with Gasteiger partial charge in [-0.3, -0.25) is 0 Å². The number of nitrogens with zero attached hydrogens (tertiary/aromatic N) is 2. The highest BCUT2D eigenvalue weighted by atomic mass is 79.9. The Hall–Kier alpha value is -8.28. The maximum absolute atomic E-state index is 3.63. The molecule has 11 rings (SSSR count). The van der Waals surface area contributed by atoms with Crippen LogP contribution in [-0.4, -0.2) is 9.13 Å². The number of aryl methyl sites for hydroxylation is 2. The van der Waals surface area contributed by atoms with Gasteiger partial charge >= 0.3 is 0 Å². The third-order valence-corrected chi connectivity index (χ3v) is 13.7. The van der Waals surface area contributed by atoms with Gasteiger partial charge in [-0.2, -0.15) is 0 Å². The van der Waals surface area contributed by atoms with Gasteiger partial charge in [0, 0.05) is 20.3 Å². The molecular weight excluding hydrogens is 1030 g/mol. The van der Waals surface area contributed by atoms with Crippen LogP contribution in [0.3, 0.4) is 0 Å². The molecule has 0 N–H and O–H groups in total. The van der Waals surface area contributed by atoms with Gasteiger partial charge in [0.2, 0.25) is 0 Å². The number of benzene rings is 9. The summed E-state index contributed by atoms with van der Waals surface area (Å²) in [5, 5.41) is 0. The summed E-state index contributed by atoms with van der Waals surface area (Å²) in [4.78, 5) is 0. The average Bonchev–Trinajstić information content (AvgIpc) is 4.11. The van der Waals surface area contributed by atoms with Crippen LogP contribution < -0.4 is 0 Å². The molecule has 4 heteroatoms. The van der Waals surface area contributed by atoms with Crippen LogP contribution in [-0.2, 0) is 0 Å². The monoisotopic (exact) mass is 1080 g/mol. The van der Waals surface area contributed by atoms with E-state index in [-0.39, 0.29) is 0 Å². The minimum Gasteiger partial charge on any atom is -0.309 e. The maximum atomic E-state index is 3.63. The van der Waals surface area contributed by atoms with Gasteiger partial charge in [-0.15, -0.1) is 0 Å². The van der Waals surface area contributed by atoms with Crippen LogP contribution in [0.15, 0.2) is 276 Å². The van der Waals surface area contributed by atoms with Crippen molar-refractivity contribution in [1.29, 1.82) is 0 Å². The summed E-state index contributed by atoms with van der Waals surface area (Å²) >= 11 is 7.05. The second-order valence-corrected chi connectivity index (χ2v) is 19.7. The van der Waals surface area contributed by atoms with E-state index in [1.165, 1.54) is 84.0 Å². The van der Waals surface area contributed by atoms with E-state index in [9.17, 15) is 0 Å². The Labute approximate surface area is 453 Å². The molecule has 11 aromatic rings. The Bertz CT molecular complexity index is 3400. The molecule has 0 bridgehead atoms. The zero-order valence-corrected chi connectivity index (χ0v) is 44.7. The van der Waals surface area contributed by atoms with Crippen molar-refractivity contribution in [3.05, 3.63) is 315 Å². The summed E-state index contributed by atoms with van der Waals surface area (Å²) in [5.74, 6) is 0. The van der Waals surface area contributed by atoms with E-state index >= 15 is 0 Å². The molecule has 0 aliphatic heterocycles. The van der Waals surface area contributed by atoms with Crippen molar-refractivity contribution >= 4 is 62.2 Å². The highest BCUT2D eigenvalue weighted by Crippen LogP contribution is 2.35. The predicted octanol–water partition coefficient (Wildman–Crippen LogP) is 20.4. The first-order chi connectivity index (χ1) is 36.3. The lowest BCUT2D eigenvalue weighted by Gasteiger charge is -2.15. The van der Waals surface area contributed by atoms with Crippen LogP contribution in [0.2, 0.25) is 0 Å². The first-order valence-corrected chi connectivity index (χ1v) is 26.3. The molecule has 2 heterocycles. The number of hydrogen-bond acceptors (Lipinski definition) is 0. The van der Waals surface area contributed by atoms with Crippen molar-refractivity contribution in [2.24, 2.45) is 0 Å². The van der Waals surface area contributed by atoms with Gasteiger partial charge in [-0.05, 0) is 137 Å². The first kappa shape index (κ1) is 50.7. The number of halogens is 2. The fraction of sp³-hybridized carbons (Fsp3) is 0.0286. The highest BCUT2D eigenvalue weighted by molar-refractivity contribution is 9.10. The van der Waals surface area contributed by atoms with Gasteiger partial charge in [-0.25, -0.2) is 0 Å². The predicted molar refractivity (Wildman–Crippen MR) is 325 cm³/mol. The molecule has 0 fully saturated rings. The van der Waals surface area contributed by atoms with Gasteiger partial charge in [-0.1, -0.05) is 268 Å². The van der Waals surface area contributed by atoms with E-state index in [0.717, 1.165) is 20.3 Å². The third kappa shape index (κ3) is 13.2. The quantitative estimate of drug-likeness (QED) is 0.114. The summed E-state index contributed by atoms with van der Waals surface area (Å²) in [6.07, 6.45) is 10.5. The van der Waals surface area contributed by atoms with Crippen LogP contribution in [0.5, 0.6) is 0 Å². The van der Waals surface area contributed by atoms with Crippen molar-refractivity contribution in [2.75, 3.05) is 0 Å². The molecular formula is C70H56Br2N2. The molecule has 0 radical (unpaired) electrons. The van der Waals surface area contributed by atoms with Crippen molar-refractivity contribution in [2.45, 2.75) is 13.8 Å². The van der Waals surface area contributed by atoms with Gasteiger partial charge in [0.25, 0.3) is 0 Å². The van der Waals surface area contributed by atoms with E-state index in [1.807, 2.05) is 48.5 Å². The highest BCUT2D eigenvalue weighted by Gasteiger charge is 2.16. The Balaban J connectivity index is 0.000000168. The van der Waals surface area contributed by atoms with Crippen LogP contribution in [0.4, 0.5) is 0 Å². The second kappa shape index (κ2) is 24.9. The molecule has 2 aromatic heterocycles. The van der Waals surface area contributed by atoms with Gasteiger partial charge in [0.05, 0.1) is 22.8 Å². The normalized spacial score (nSPS) is 10.9. The SMILES string of the molecule is C=Cc1ccccc1.Cc1ccc(-n2c(-c3ccc(/C=C/c4ccccc4)cc3)ccc2-c2ccc(/C=C/c3ccccc3)cc2)cc1.Cc1ccc(-n2c(-c3ccc(Br)cc3)ccc2-c2ccc(Br)cc2)cc1. The van der Waals surface area contributed by atoms with E-state index in [4.69, 9.17) is 0 Å². The molecule has 0 amide bonds. The molecule has 0 saturated heterocycles. The Morgan fingerprint density at radius 1 is 0.284 bits per heavy atom. The summed E-state index contributed by atoms with van der Waals surface area (Å²) in [6, 6.07) is 91.7. The molecule has 0 unspecified atom stereocenters. The van der Waals surface area contributed by atoms with Crippen molar-refractivity contribution in [3.8, 4) is 56.4 Å². The second-order valence-electron chi connectivity index (χ2n) is 17.9. The summed E-state index contributed by atoms with van der Waals surface area (Å²) in [7, 11) is 0. The fourth-order valence-corrected chi connectivity index (χ4v) is 9.12. The molecule has 0 atom stereocenters. The minimum absolute atomic E-state index is 1.09. The third-order valence-electron chi connectivity index (χ3n) is 12.6. The van der Waals surface area contributed by atoms with Crippen molar-refractivity contribution in [3.63, 3.8) is 0 Å². The summed E-state index contributed by atoms with van der Waals surface area (Å²) < 4.78 is 6.86. The lowest BCUT2D eigenvalue weighted by molar-refractivity contribution is 1.09. The van der Waals surface area contributed by atoms with Crippen LogP contribution in [0.25, 0.3) is 86.8 Å². The van der Waals surface area contributed by atoms with Crippen LogP contribution in [0, 0.1) is 13.8 Å². The standard InChI is InChI=1S/C39H31N.C23H17Br2N.C8H8/c1-30-12-26-37(27-13-30)40-38(35-22-18-33(19-23-35)16-14-31-8-4-2-5-9-31)28-29-39(40)36-24-20-34(21-25-36)17-15-32-10-6-3-7-11-32;1-16-2-12-21(13-3-16)26-22(17-4-8-19(24)9-5-17)14-15-23(26)18-6-10-20(25)11-7-18;1-2-8-6-4-3-5-7-8/h2-29H,1H3;2-15H,1H3;2-7H,1H2/b16-14+,17-15+;;. The topological polar surface area (TPSA) is 9.86 Å². The molecule has 9 aromatic carbocycles. The van der Waals surface area contributed by atoms with Crippen LogP contribution in [0.1, 0.15) is 38.9 Å². The molecule has 0 aliphatic carbocycles. The first-order valence-electron chi connectivity index (χ1n) is 24.7. The van der Waals surface area contributed by atoms with Crippen LogP contribution >= 0.6 is 31.9 Å². The smallest absolute Gasteiger partial charge is 0.0535 e. The molecule has 0 spiro atoms.